The summed E-state index contributed by atoms with van der Waals surface area (Å²) in [6.45, 7) is 1.75. The van der Waals surface area contributed by atoms with Crippen molar-refractivity contribution in [2.24, 2.45) is 5.41 Å². The molecule has 0 spiro atoms. The first kappa shape index (κ1) is 13.3. The number of carbonyl (C=O) groups is 1. The van der Waals surface area contributed by atoms with E-state index in [0.717, 1.165) is 5.69 Å². The molecule has 0 radical (unpaired) electrons. The normalized spacial score (nSPS) is 23.4. The highest BCUT2D eigenvalue weighted by atomic mass is 35.5. The molecule has 1 aliphatic carbocycles. The molecule has 1 heterocycles. The first-order chi connectivity index (χ1) is 9.42. The van der Waals surface area contributed by atoms with E-state index in [1.54, 1.807) is 31.2 Å². The van der Waals surface area contributed by atoms with Crippen LogP contribution in [0.3, 0.4) is 0 Å². The number of carbonyl (C=O) groups excluding carboxylic acids is 1. The van der Waals surface area contributed by atoms with Crippen LogP contribution in [0.25, 0.3) is 5.69 Å². The Hall–Kier alpha value is -1.66. The van der Waals surface area contributed by atoms with E-state index in [2.05, 4.69) is 20.8 Å². The SMILES string of the molecule is CC1(C(=O)Nc2ccc(-n3cnnn3)cc2)CC1(Cl)Cl. The van der Waals surface area contributed by atoms with Gasteiger partial charge in [0.2, 0.25) is 5.91 Å². The smallest absolute Gasteiger partial charge is 0.233 e. The second kappa shape index (κ2) is 4.43. The molecule has 1 aromatic carbocycles. The zero-order chi connectivity index (χ0) is 14.4. The maximum Gasteiger partial charge on any atom is 0.233 e. The third-order valence-corrected chi connectivity index (χ3v) is 4.60. The average molecular weight is 312 g/mol. The van der Waals surface area contributed by atoms with Gasteiger partial charge in [0.25, 0.3) is 0 Å². The van der Waals surface area contributed by atoms with Gasteiger partial charge in [-0.15, -0.1) is 28.3 Å². The predicted molar refractivity (Wildman–Crippen MR) is 74.9 cm³/mol. The number of tetrazole rings is 1. The second-order valence-electron chi connectivity index (χ2n) is 4.97. The Labute approximate surface area is 125 Å². The van der Waals surface area contributed by atoms with Crippen LogP contribution in [0.15, 0.2) is 30.6 Å². The van der Waals surface area contributed by atoms with Crippen molar-refractivity contribution in [3.8, 4) is 5.69 Å². The van der Waals surface area contributed by atoms with Gasteiger partial charge in [0.1, 0.15) is 10.7 Å². The van der Waals surface area contributed by atoms with Gasteiger partial charge >= 0.3 is 0 Å². The van der Waals surface area contributed by atoms with Crippen molar-refractivity contribution in [2.75, 3.05) is 5.32 Å². The Balaban J connectivity index is 1.72. The quantitative estimate of drug-likeness (QED) is 0.882. The Bertz CT molecular complexity index is 640. The number of anilines is 1. The number of amides is 1. The molecule has 1 unspecified atom stereocenters. The number of hydrogen-bond donors (Lipinski definition) is 1. The van der Waals surface area contributed by atoms with E-state index in [1.165, 1.54) is 11.0 Å². The predicted octanol–water partition coefficient (Wildman–Crippen LogP) is 2.18. The van der Waals surface area contributed by atoms with Crippen LogP contribution in [0.5, 0.6) is 0 Å². The summed E-state index contributed by atoms with van der Waals surface area (Å²) in [5.41, 5.74) is 0.740. The Morgan fingerprint density at radius 3 is 2.50 bits per heavy atom. The molecule has 1 amide bonds. The minimum Gasteiger partial charge on any atom is -0.326 e. The van der Waals surface area contributed by atoms with Crippen molar-refractivity contribution in [3.63, 3.8) is 0 Å². The number of hydrogen-bond acceptors (Lipinski definition) is 4. The molecule has 0 aliphatic heterocycles. The topological polar surface area (TPSA) is 72.7 Å². The van der Waals surface area contributed by atoms with Crippen molar-refractivity contribution < 1.29 is 4.79 Å². The van der Waals surface area contributed by atoms with Gasteiger partial charge in [0, 0.05) is 5.69 Å². The van der Waals surface area contributed by atoms with E-state index in [0.29, 0.717) is 12.1 Å². The number of nitrogens with zero attached hydrogens (tertiary/aromatic N) is 4. The lowest BCUT2D eigenvalue weighted by atomic mass is 10.1. The summed E-state index contributed by atoms with van der Waals surface area (Å²) >= 11 is 12.0. The van der Waals surface area contributed by atoms with Crippen LogP contribution in [-0.2, 0) is 4.79 Å². The van der Waals surface area contributed by atoms with E-state index in [1.807, 2.05) is 0 Å². The number of aromatic nitrogens is 4. The zero-order valence-electron chi connectivity index (χ0n) is 10.5. The third-order valence-electron chi connectivity index (χ3n) is 3.50. The summed E-state index contributed by atoms with van der Waals surface area (Å²) in [5.74, 6) is -0.183. The molecule has 1 aliphatic rings. The molecule has 1 fully saturated rings. The fraction of sp³-hybridized carbons (Fsp3) is 0.333. The van der Waals surface area contributed by atoms with Crippen LogP contribution >= 0.6 is 23.2 Å². The first-order valence-electron chi connectivity index (χ1n) is 5.95. The maximum absolute atomic E-state index is 12.1. The van der Waals surface area contributed by atoms with Crippen molar-refractivity contribution in [1.29, 1.82) is 0 Å². The average Bonchev–Trinajstić information content (AvgIpc) is 2.83. The first-order valence-corrected chi connectivity index (χ1v) is 6.71. The minimum absolute atomic E-state index is 0.183. The van der Waals surface area contributed by atoms with Crippen molar-refractivity contribution >= 4 is 34.8 Å². The van der Waals surface area contributed by atoms with Gasteiger partial charge in [-0.05, 0) is 48.0 Å². The summed E-state index contributed by atoms with van der Waals surface area (Å²) in [7, 11) is 0. The largest absolute Gasteiger partial charge is 0.326 e. The van der Waals surface area contributed by atoms with Crippen LogP contribution in [0.2, 0.25) is 0 Å². The van der Waals surface area contributed by atoms with Crippen molar-refractivity contribution in [3.05, 3.63) is 30.6 Å². The lowest BCUT2D eigenvalue weighted by Gasteiger charge is -2.12. The van der Waals surface area contributed by atoms with E-state index in [4.69, 9.17) is 23.2 Å². The van der Waals surface area contributed by atoms with Crippen LogP contribution < -0.4 is 5.32 Å². The lowest BCUT2D eigenvalue weighted by Crippen LogP contribution is -2.25. The van der Waals surface area contributed by atoms with E-state index < -0.39 is 9.75 Å². The number of nitrogens with one attached hydrogen (secondary N) is 1. The molecule has 2 aromatic rings. The van der Waals surface area contributed by atoms with Crippen LogP contribution in [0.4, 0.5) is 5.69 Å². The molecule has 1 aromatic heterocycles. The minimum atomic E-state index is -0.969. The van der Waals surface area contributed by atoms with E-state index >= 15 is 0 Å². The molecule has 6 nitrogen and oxygen atoms in total. The highest BCUT2D eigenvalue weighted by Crippen LogP contribution is 2.64. The molecule has 0 bridgehead atoms. The molecule has 0 saturated heterocycles. The monoisotopic (exact) mass is 311 g/mol. The molecule has 1 N–H and O–H groups in total. The van der Waals surface area contributed by atoms with Gasteiger partial charge in [0.15, 0.2) is 0 Å². The highest BCUT2D eigenvalue weighted by molar-refractivity contribution is 6.53. The Morgan fingerprint density at radius 1 is 1.35 bits per heavy atom. The number of rotatable bonds is 3. The molecule has 3 rings (SSSR count). The standard InChI is InChI=1S/C12H11Cl2N5O/c1-11(6-12(11,13)14)10(20)16-8-2-4-9(5-3-8)19-7-15-17-18-19/h2-5,7H,6H2,1H3,(H,16,20). The summed E-state index contributed by atoms with van der Waals surface area (Å²) < 4.78 is 0.555. The fourth-order valence-electron chi connectivity index (χ4n) is 1.89. The van der Waals surface area contributed by atoms with Crippen LogP contribution in [-0.4, -0.2) is 30.4 Å². The van der Waals surface area contributed by atoms with Gasteiger partial charge in [-0.1, -0.05) is 0 Å². The Kier molecular flexibility index (Phi) is 2.95. The number of halogens is 2. The van der Waals surface area contributed by atoms with E-state index in [-0.39, 0.29) is 5.91 Å². The van der Waals surface area contributed by atoms with Crippen molar-refractivity contribution in [2.45, 2.75) is 17.7 Å². The molecular weight excluding hydrogens is 301 g/mol. The van der Waals surface area contributed by atoms with Gasteiger partial charge in [-0.25, -0.2) is 4.68 Å². The molecule has 20 heavy (non-hydrogen) atoms. The number of benzene rings is 1. The molecule has 1 atom stereocenters. The molecule has 104 valence electrons. The van der Waals surface area contributed by atoms with Crippen LogP contribution in [0, 0.1) is 5.41 Å². The molecular formula is C12H11Cl2N5O. The summed E-state index contributed by atoms with van der Waals surface area (Å²) in [6, 6.07) is 7.14. The summed E-state index contributed by atoms with van der Waals surface area (Å²) in [4.78, 5) is 12.1. The summed E-state index contributed by atoms with van der Waals surface area (Å²) in [5, 5.41) is 13.7. The number of alkyl halides is 2. The second-order valence-corrected chi connectivity index (χ2v) is 6.45. The lowest BCUT2D eigenvalue weighted by molar-refractivity contribution is -0.120. The van der Waals surface area contributed by atoms with Gasteiger partial charge in [-0.2, -0.15) is 0 Å². The van der Waals surface area contributed by atoms with E-state index in [9.17, 15) is 4.79 Å². The van der Waals surface area contributed by atoms with Gasteiger partial charge in [0.05, 0.1) is 11.1 Å². The van der Waals surface area contributed by atoms with Crippen LogP contribution in [0.1, 0.15) is 13.3 Å². The van der Waals surface area contributed by atoms with Crippen molar-refractivity contribution in [1.82, 2.24) is 20.2 Å². The highest BCUT2D eigenvalue weighted by Gasteiger charge is 2.67. The van der Waals surface area contributed by atoms with Gasteiger partial charge < -0.3 is 5.32 Å². The zero-order valence-corrected chi connectivity index (χ0v) is 12.1. The summed E-state index contributed by atoms with van der Waals surface area (Å²) in [6.07, 6.45) is 1.95. The maximum atomic E-state index is 12.1. The molecule has 1 saturated carbocycles. The fourth-order valence-corrected chi connectivity index (χ4v) is 2.60. The Morgan fingerprint density at radius 2 is 2.00 bits per heavy atom. The third kappa shape index (κ3) is 2.14. The van der Waals surface area contributed by atoms with Gasteiger partial charge in [-0.3, -0.25) is 4.79 Å². The molecule has 8 heteroatoms.